The molecule has 2 aromatic carbocycles. The molecule has 0 aliphatic carbocycles. The highest BCUT2D eigenvalue weighted by Gasteiger charge is 2.18. The summed E-state index contributed by atoms with van der Waals surface area (Å²) >= 11 is 2.15. The average molecular weight is 440 g/mol. The first kappa shape index (κ1) is 16.5. The van der Waals surface area contributed by atoms with Gasteiger partial charge in [-0.3, -0.25) is 0 Å². The van der Waals surface area contributed by atoms with Gasteiger partial charge in [0, 0.05) is 26.7 Å². The molecule has 0 spiro atoms. The predicted molar refractivity (Wildman–Crippen MR) is 101 cm³/mol. The Balaban J connectivity index is 1.76. The Labute approximate surface area is 149 Å². The van der Waals surface area contributed by atoms with E-state index in [4.69, 9.17) is 0 Å². The van der Waals surface area contributed by atoms with E-state index in [0.29, 0.717) is 11.3 Å². The van der Waals surface area contributed by atoms with Crippen LogP contribution < -0.4 is 4.72 Å². The van der Waals surface area contributed by atoms with Crippen LogP contribution in [0, 0.1) is 3.57 Å². The third-order valence-corrected chi connectivity index (χ3v) is 6.01. The van der Waals surface area contributed by atoms with Gasteiger partial charge in [-0.15, -0.1) is 0 Å². The van der Waals surface area contributed by atoms with Crippen LogP contribution >= 0.6 is 22.6 Å². The van der Waals surface area contributed by atoms with E-state index in [1.807, 2.05) is 37.4 Å². The van der Waals surface area contributed by atoms with E-state index in [2.05, 4.69) is 32.3 Å². The molecule has 0 fully saturated rings. The Bertz CT molecular complexity index is 917. The first-order chi connectivity index (χ1) is 11.0. The molecular weight excluding hydrogens is 423 g/mol. The van der Waals surface area contributed by atoms with Crippen molar-refractivity contribution in [2.45, 2.75) is 24.3 Å². The van der Waals surface area contributed by atoms with Crippen LogP contribution in [-0.2, 0) is 16.4 Å². The first-order valence-electron chi connectivity index (χ1n) is 7.28. The summed E-state index contributed by atoms with van der Waals surface area (Å²) in [5, 5.41) is 1.13. The monoisotopic (exact) mass is 440 g/mol. The van der Waals surface area contributed by atoms with Crippen LogP contribution in [0.25, 0.3) is 10.9 Å². The summed E-state index contributed by atoms with van der Waals surface area (Å²) in [5.74, 6) is 0. The Hall–Kier alpha value is -1.38. The number of para-hydroxylation sites is 1. The number of hydrogen-bond acceptors (Lipinski definition) is 2. The van der Waals surface area contributed by atoms with Crippen molar-refractivity contribution in [2.75, 3.05) is 0 Å². The summed E-state index contributed by atoms with van der Waals surface area (Å²) in [4.78, 5) is 3.51. The fraction of sp³-hybridized carbons (Fsp3) is 0.176. The molecule has 1 aromatic heterocycles. The molecule has 1 heterocycles. The van der Waals surface area contributed by atoms with Crippen molar-refractivity contribution in [2.24, 2.45) is 0 Å². The molecule has 23 heavy (non-hydrogen) atoms. The van der Waals surface area contributed by atoms with Gasteiger partial charge in [0.1, 0.15) is 0 Å². The molecule has 3 aromatic rings. The van der Waals surface area contributed by atoms with Crippen LogP contribution in [0.5, 0.6) is 0 Å². The molecule has 0 aliphatic heterocycles. The molecule has 0 bridgehead atoms. The summed E-state index contributed by atoms with van der Waals surface area (Å²) < 4.78 is 28.6. The number of halogens is 1. The Morgan fingerprint density at radius 3 is 2.57 bits per heavy atom. The topological polar surface area (TPSA) is 62.0 Å². The van der Waals surface area contributed by atoms with Gasteiger partial charge < -0.3 is 4.98 Å². The van der Waals surface area contributed by atoms with Crippen LogP contribution in [0.15, 0.2) is 59.6 Å². The van der Waals surface area contributed by atoms with Gasteiger partial charge in [0.2, 0.25) is 10.0 Å². The number of H-pyrrole nitrogens is 1. The van der Waals surface area contributed by atoms with Gasteiger partial charge in [0.05, 0.1) is 4.90 Å². The maximum absolute atomic E-state index is 12.4. The van der Waals surface area contributed by atoms with Crippen LogP contribution in [0.2, 0.25) is 0 Å². The second-order valence-corrected chi connectivity index (χ2v) is 8.50. The van der Waals surface area contributed by atoms with Crippen LogP contribution in [0.4, 0.5) is 0 Å². The van der Waals surface area contributed by atoms with Gasteiger partial charge >= 0.3 is 0 Å². The predicted octanol–water partition coefficient (Wildman–Crippen LogP) is 3.68. The van der Waals surface area contributed by atoms with Crippen molar-refractivity contribution in [3.8, 4) is 0 Å². The summed E-state index contributed by atoms with van der Waals surface area (Å²) in [6.45, 7) is 1.88. The lowest BCUT2D eigenvalue weighted by molar-refractivity contribution is 0.560. The Morgan fingerprint density at radius 2 is 1.83 bits per heavy atom. The molecule has 3 rings (SSSR count). The van der Waals surface area contributed by atoms with Gasteiger partial charge in [0.15, 0.2) is 0 Å². The third-order valence-electron chi connectivity index (χ3n) is 3.68. The lowest BCUT2D eigenvalue weighted by Crippen LogP contribution is -2.34. The van der Waals surface area contributed by atoms with E-state index in [-0.39, 0.29) is 6.04 Å². The summed E-state index contributed by atoms with van der Waals surface area (Å²) in [5.41, 5.74) is 2.17. The lowest BCUT2D eigenvalue weighted by Gasteiger charge is -2.14. The van der Waals surface area contributed by atoms with E-state index in [1.165, 1.54) is 0 Å². The largest absolute Gasteiger partial charge is 0.361 e. The number of sulfonamides is 1. The smallest absolute Gasteiger partial charge is 0.240 e. The molecular formula is C17H17IN2O2S. The highest BCUT2D eigenvalue weighted by Crippen LogP contribution is 2.20. The Morgan fingerprint density at radius 1 is 1.13 bits per heavy atom. The van der Waals surface area contributed by atoms with Crippen molar-refractivity contribution in [1.29, 1.82) is 0 Å². The normalized spacial score (nSPS) is 13.3. The van der Waals surface area contributed by atoms with E-state index in [9.17, 15) is 8.42 Å². The second-order valence-electron chi connectivity index (χ2n) is 5.54. The maximum atomic E-state index is 12.4. The summed E-state index contributed by atoms with van der Waals surface area (Å²) in [6, 6.07) is 14.7. The highest BCUT2D eigenvalue weighted by molar-refractivity contribution is 14.1. The van der Waals surface area contributed by atoms with Crippen LogP contribution in [-0.4, -0.2) is 19.4 Å². The van der Waals surface area contributed by atoms with Gasteiger partial charge in [-0.2, -0.15) is 0 Å². The van der Waals surface area contributed by atoms with Gasteiger partial charge in [-0.1, -0.05) is 18.2 Å². The molecule has 0 amide bonds. The quantitative estimate of drug-likeness (QED) is 0.595. The standard InChI is InChI=1S/C17H17IN2O2S/c1-12(10-13-11-19-17-5-3-2-4-16(13)17)20-23(21,22)15-8-6-14(18)7-9-15/h2-9,11-12,19-20H,10H2,1H3. The first-order valence-corrected chi connectivity index (χ1v) is 9.85. The Kier molecular flexibility index (Phi) is 4.74. The molecule has 0 radical (unpaired) electrons. The molecule has 120 valence electrons. The molecule has 0 saturated heterocycles. The number of hydrogen-bond donors (Lipinski definition) is 2. The van der Waals surface area contributed by atoms with Crippen molar-refractivity contribution < 1.29 is 8.42 Å². The van der Waals surface area contributed by atoms with Crippen LogP contribution in [0.1, 0.15) is 12.5 Å². The van der Waals surface area contributed by atoms with Gasteiger partial charge in [-0.05, 0) is 71.8 Å². The number of benzene rings is 2. The third kappa shape index (κ3) is 3.76. The minimum Gasteiger partial charge on any atom is -0.361 e. The van der Waals surface area contributed by atoms with E-state index in [1.54, 1.807) is 24.3 Å². The highest BCUT2D eigenvalue weighted by atomic mass is 127. The average Bonchev–Trinajstić information content (AvgIpc) is 2.90. The number of rotatable bonds is 5. The zero-order valence-corrected chi connectivity index (χ0v) is 15.6. The second kappa shape index (κ2) is 6.62. The van der Waals surface area contributed by atoms with E-state index >= 15 is 0 Å². The molecule has 1 atom stereocenters. The molecule has 4 nitrogen and oxygen atoms in total. The van der Waals surface area contributed by atoms with Crippen molar-refractivity contribution in [3.63, 3.8) is 0 Å². The fourth-order valence-corrected chi connectivity index (χ4v) is 4.22. The number of aromatic nitrogens is 1. The number of nitrogens with one attached hydrogen (secondary N) is 2. The fourth-order valence-electron chi connectivity index (χ4n) is 2.62. The maximum Gasteiger partial charge on any atom is 0.240 e. The SMILES string of the molecule is CC(Cc1c[nH]c2ccccc12)NS(=O)(=O)c1ccc(I)cc1. The van der Waals surface area contributed by atoms with Gasteiger partial charge in [0.25, 0.3) is 0 Å². The molecule has 2 N–H and O–H groups in total. The van der Waals surface area contributed by atoms with Crippen molar-refractivity contribution in [3.05, 3.63) is 63.9 Å². The zero-order valence-electron chi connectivity index (χ0n) is 12.6. The minimum absolute atomic E-state index is 0.196. The molecule has 0 aliphatic rings. The number of aromatic amines is 1. The number of fused-ring (bicyclic) bond motifs is 1. The van der Waals surface area contributed by atoms with Crippen molar-refractivity contribution in [1.82, 2.24) is 9.71 Å². The summed E-state index contributed by atoms with van der Waals surface area (Å²) in [7, 11) is -3.50. The molecule has 0 saturated carbocycles. The molecule has 6 heteroatoms. The van der Waals surface area contributed by atoms with Crippen LogP contribution in [0.3, 0.4) is 0 Å². The van der Waals surface area contributed by atoms with Gasteiger partial charge in [-0.25, -0.2) is 13.1 Å². The van der Waals surface area contributed by atoms with Crippen molar-refractivity contribution >= 4 is 43.5 Å². The molecule has 1 unspecified atom stereocenters. The van der Waals surface area contributed by atoms with E-state index in [0.717, 1.165) is 20.0 Å². The van der Waals surface area contributed by atoms with E-state index < -0.39 is 10.0 Å². The summed E-state index contributed by atoms with van der Waals surface area (Å²) in [6.07, 6.45) is 2.58. The zero-order chi connectivity index (χ0) is 16.4. The lowest BCUT2D eigenvalue weighted by atomic mass is 10.1. The minimum atomic E-state index is -3.50.